The van der Waals surface area contributed by atoms with Crippen LogP contribution in [0.3, 0.4) is 0 Å². The van der Waals surface area contributed by atoms with Crippen LogP contribution in [-0.4, -0.2) is 16.8 Å². The number of rotatable bonds is 4. The van der Waals surface area contributed by atoms with Crippen LogP contribution >= 0.6 is 11.6 Å². The van der Waals surface area contributed by atoms with Crippen molar-refractivity contribution in [3.63, 3.8) is 0 Å². The molecule has 0 amide bonds. The molecule has 3 nitrogen and oxygen atoms in total. The van der Waals surface area contributed by atoms with Crippen molar-refractivity contribution in [3.05, 3.63) is 40.4 Å². The summed E-state index contributed by atoms with van der Waals surface area (Å²) in [7, 11) is 0. The second kappa shape index (κ2) is 5.44. The van der Waals surface area contributed by atoms with E-state index in [0.29, 0.717) is 11.4 Å². The zero-order valence-electron chi connectivity index (χ0n) is 8.35. The van der Waals surface area contributed by atoms with E-state index in [1.807, 2.05) is 12.1 Å². The first-order valence-electron chi connectivity index (χ1n) is 4.59. The highest BCUT2D eigenvalue weighted by Gasteiger charge is 2.14. The lowest BCUT2D eigenvalue weighted by Crippen LogP contribution is -2.15. The molecule has 0 saturated carbocycles. The van der Waals surface area contributed by atoms with Gasteiger partial charge in [0.05, 0.1) is 0 Å². The lowest BCUT2D eigenvalue weighted by molar-refractivity contribution is -0.119. The van der Waals surface area contributed by atoms with Crippen molar-refractivity contribution in [1.29, 1.82) is 0 Å². The molecule has 0 saturated heterocycles. The summed E-state index contributed by atoms with van der Waals surface area (Å²) in [5.41, 5.74) is 9.25. The van der Waals surface area contributed by atoms with E-state index in [4.69, 9.17) is 17.1 Å². The first-order chi connectivity index (χ1) is 7.13. The van der Waals surface area contributed by atoms with E-state index in [-0.39, 0.29) is 11.7 Å². The first-order valence-corrected chi connectivity index (χ1v) is 4.97. The van der Waals surface area contributed by atoms with Crippen LogP contribution in [0.1, 0.15) is 12.5 Å². The van der Waals surface area contributed by atoms with Gasteiger partial charge in [-0.3, -0.25) is 4.79 Å². The van der Waals surface area contributed by atoms with E-state index in [1.165, 1.54) is 0 Å². The molecule has 0 fully saturated rings. The molecule has 0 bridgehead atoms. The van der Waals surface area contributed by atoms with Gasteiger partial charge < -0.3 is 5.53 Å². The van der Waals surface area contributed by atoms with Crippen LogP contribution in [0.4, 0.5) is 0 Å². The van der Waals surface area contributed by atoms with E-state index < -0.39 is 0 Å². The molecule has 0 aliphatic carbocycles. The zero-order chi connectivity index (χ0) is 11.3. The van der Waals surface area contributed by atoms with Crippen molar-refractivity contribution in [3.8, 4) is 0 Å². The number of ketones is 1. The van der Waals surface area contributed by atoms with Crippen molar-refractivity contribution < 1.29 is 9.58 Å². The number of carbonyl (C=O) groups is 1. The van der Waals surface area contributed by atoms with E-state index in [2.05, 4.69) is 4.79 Å². The molecule has 0 aliphatic heterocycles. The normalized spacial score (nSPS) is 11.6. The molecule has 1 atom stereocenters. The van der Waals surface area contributed by atoms with Gasteiger partial charge in [-0.15, -0.1) is 0 Å². The molecule has 0 aliphatic rings. The van der Waals surface area contributed by atoms with Gasteiger partial charge in [-0.25, -0.2) is 0 Å². The molecule has 1 unspecified atom stereocenters. The molecule has 0 heterocycles. The highest BCUT2D eigenvalue weighted by Crippen LogP contribution is 2.13. The number of nitrogens with zero attached hydrogens (tertiary/aromatic N) is 2. The van der Waals surface area contributed by atoms with Crippen LogP contribution in [0.5, 0.6) is 0 Å². The Morgan fingerprint density at radius 1 is 1.53 bits per heavy atom. The fraction of sp³-hybridized carbons (Fsp3) is 0.273. The molecule has 0 N–H and O–H groups in total. The van der Waals surface area contributed by atoms with Gasteiger partial charge in [-0.2, -0.15) is 4.79 Å². The number of carbonyl (C=O) groups excluding carboxylic acids is 1. The SMILES string of the molecule is CC(Cc1ccc(Cl)cc1)C(=O)C=[N+]=[N-]. The molecular weight excluding hydrogens is 212 g/mol. The minimum Gasteiger partial charge on any atom is -0.361 e. The van der Waals surface area contributed by atoms with Crippen LogP contribution in [0.2, 0.25) is 5.02 Å². The molecule has 0 spiro atoms. The topological polar surface area (TPSA) is 53.5 Å². The van der Waals surface area contributed by atoms with Gasteiger partial charge in [0.1, 0.15) is 0 Å². The number of halogens is 1. The molecule has 1 rings (SSSR count). The second-order valence-electron chi connectivity index (χ2n) is 3.38. The summed E-state index contributed by atoms with van der Waals surface area (Å²) in [6, 6.07) is 7.33. The Bertz CT molecular complexity index is 394. The Hall–Kier alpha value is -1.44. The van der Waals surface area contributed by atoms with Gasteiger partial charge in [-0.1, -0.05) is 30.7 Å². The van der Waals surface area contributed by atoms with E-state index in [0.717, 1.165) is 11.8 Å². The maximum Gasteiger partial charge on any atom is 0.323 e. The second-order valence-corrected chi connectivity index (χ2v) is 3.82. The van der Waals surface area contributed by atoms with Gasteiger partial charge in [0.25, 0.3) is 0 Å². The summed E-state index contributed by atoms with van der Waals surface area (Å²) in [5, 5.41) is 0.676. The van der Waals surface area contributed by atoms with E-state index in [1.54, 1.807) is 19.1 Å². The standard InChI is InChI=1S/C11H11ClN2O/c1-8(11(15)7-14-13)6-9-2-4-10(12)5-3-9/h2-5,7-8H,6H2,1H3. The third-order valence-corrected chi connectivity index (χ3v) is 2.38. The summed E-state index contributed by atoms with van der Waals surface area (Å²) in [6.07, 6.45) is 1.54. The first kappa shape index (κ1) is 11.6. The van der Waals surface area contributed by atoms with Crippen molar-refractivity contribution in [2.75, 3.05) is 0 Å². The average Bonchev–Trinajstić information content (AvgIpc) is 2.22. The highest BCUT2D eigenvalue weighted by atomic mass is 35.5. The monoisotopic (exact) mass is 222 g/mol. The smallest absolute Gasteiger partial charge is 0.323 e. The number of benzene rings is 1. The highest BCUT2D eigenvalue weighted by molar-refractivity contribution is 6.30. The maximum atomic E-state index is 11.3. The van der Waals surface area contributed by atoms with Crippen LogP contribution < -0.4 is 0 Å². The largest absolute Gasteiger partial charge is 0.361 e. The van der Waals surface area contributed by atoms with Gasteiger partial charge in [0.2, 0.25) is 5.78 Å². The molecule has 1 aromatic rings. The lowest BCUT2D eigenvalue weighted by Gasteiger charge is -2.05. The maximum absolute atomic E-state index is 11.3. The van der Waals surface area contributed by atoms with Crippen LogP contribution in [0.15, 0.2) is 24.3 Å². The zero-order valence-corrected chi connectivity index (χ0v) is 9.11. The Morgan fingerprint density at radius 2 is 2.13 bits per heavy atom. The molecule has 15 heavy (non-hydrogen) atoms. The lowest BCUT2D eigenvalue weighted by atomic mass is 9.98. The summed E-state index contributed by atoms with van der Waals surface area (Å²) in [5.74, 6) is -0.380. The van der Waals surface area contributed by atoms with Gasteiger partial charge in [0, 0.05) is 10.9 Å². The molecular formula is C11H11ClN2O. The van der Waals surface area contributed by atoms with E-state index in [9.17, 15) is 4.79 Å². The number of Topliss-reactive ketones (excluding diaryl/α,β-unsaturated/α-hetero) is 1. The average molecular weight is 223 g/mol. The predicted molar refractivity (Wildman–Crippen MR) is 59.0 cm³/mol. The van der Waals surface area contributed by atoms with Crippen molar-refractivity contribution in [2.24, 2.45) is 5.92 Å². The third-order valence-electron chi connectivity index (χ3n) is 2.13. The molecule has 0 aromatic heterocycles. The number of hydrogen-bond acceptors (Lipinski definition) is 1. The molecule has 0 radical (unpaired) electrons. The van der Waals surface area contributed by atoms with Crippen molar-refractivity contribution in [1.82, 2.24) is 0 Å². The fourth-order valence-corrected chi connectivity index (χ4v) is 1.38. The van der Waals surface area contributed by atoms with Gasteiger partial charge >= 0.3 is 6.21 Å². The van der Waals surface area contributed by atoms with Crippen molar-refractivity contribution in [2.45, 2.75) is 13.3 Å². The van der Waals surface area contributed by atoms with Gasteiger partial charge in [-0.05, 0) is 24.1 Å². The molecule has 78 valence electrons. The fourth-order valence-electron chi connectivity index (χ4n) is 1.26. The van der Waals surface area contributed by atoms with Crippen LogP contribution in [0.25, 0.3) is 5.53 Å². The summed E-state index contributed by atoms with van der Waals surface area (Å²) < 4.78 is 0. The van der Waals surface area contributed by atoms with Gasteiger partial charge in [0.15, 0.2) is 0 Å². The Morgan fingerprint density at radius 3 is 2.67 bits per heavy atom. The van der Waals surface area contributed by atoms with Crippen LogP contribution in [-0.2, 0) is 11.2 Å². The molecule has 1 aromatic carbocycles. The quantitative estimate of drug-likeness (QED) is 0.438. The Balaban J connectivity index is 2.65. The summed E-state index contributed by atoms with van der Waals surface area (Å²) >= 11 is 5.74. The molecule has 4 heteroatoms. The minimum absolute atomic E-state index is 0.188. The van der Waals surface area contributed by atoms with E-state index >= 15 is 0 Å². The predicted octanol–water partition coefficient (Wildman–Crippen LogP) is 2.39. The minimum atomic E-state index is -0.193. The Labute approximate surface area is 93.3 Å². The Kier molecular flexibility index (Phi) is 4.22. The third kappa shape index (κ3) is 3.66. The summed E-state index contributed by atoms with van der Waals surface area (Å²) in [6.45, 7) is 1.79. The summed E-state index contributed by atoms with van der Waals surface area (Å²) in [4.78, 5) is 14.0. The van der Waals surface area contributed by atoms with Crippen molar-refractivity contribution >= 4 is 23.6 Å². The number of hydrogen-bond donors (Lipinski definition) is 0. The van der Waals surface area contributed by atoms with Crippen LogP contribution in [0, 0.1) is 5.92 Å².